The topological polar surface area (TPSA) is 18.5 Å². The van der Waals surface area contributed by atoms with Gasteiger partial charge in [0.1, 0.15) is 0 Å². The molecule has 0 unspecified atom stereocenters. The molecule has 0 bridgehead atoms. The Bertz CT molecular complexity index is 480. The van der Waals surface area contributed by atoms with Crippen molar-refractivity contribution in [3.63, 3.8) is 0 Å². The maximum Gasteiger partial charge on any atom is 0.188 e. The van der Waals surface area contributed by atoms with Crippen molar-refractivity contribution in [1.29, 1.82) is 0 Å². The van der Waals surface area contributed by atoms with Crippen LogP contribution < -0.4 is 0 Å². The number of halogens is 2. The van der Waals surface area contributed by atoms with Gasteiger partial charge in [-0.05, 0) is 30.2 Å². The molecule has 1 fully saturated rings. The van der Waals surface area contributed by atoms with E-state index in [0.717, 1.165) is 18.4 Å². The molecule has 116 valence electrons. The lowest BCUT2D eigenvalue weighted by atomic mass is 10.0. The van der Waals surface area contributed by atoms with Crippen LogP contribution in [0.25, 0.3) is 6.08 Å². The predicted octanol–water partition coefficient (Wildman–Crippen LogP) is 5.72. The lowest BCUT2D eigenvalue weighted by molar-refractivity contribution is -0.121. The molecule has 2 rings (SSSR count). The molecular formula is C17H22Cl2O2. The summed E-state index contributed by atoms with van der Waals surface area (Å²) in [5.74, 6) is -0.570. The highest BCUT2D eigenvalue weighted by Crippen LogP contribution is 2.29. The Hall–Kier alpha value is -0.540. The standard InChI is InChI=1S/C17H22Cl2O2/c1-2-3-4-5-9-17(20-11-12-21-17)10-8-14-6-7-15(18)16(19)13-14/h6-8,10,13H,2-5,9,11-12H2,1H3/b10-8+. The third-order valence-electron chi connectivity index (χ3n) is 3.63. The molecule has 0 amide bonds. The first-order chi connectivity index (χ1) is 10.2. The number of rotatable bonds is 7. The predicted molar refractivity (Wildman–Crippen MR) is 88.9 cm³/mol. The van der Waals surface area contributed by atoms with Crippen LogP contribution in [-0.4, -0.2) is 19.0 Å². The monoisotopic (exact) mass is 328 g/mol. The van der Waals surface area contributed by atoms with Crippen molar-refractivity contribution >= 4 is 29.3 Å². The van der Waals surface area contributed by atoms with Crippen LogP contribution in [0.3, 0.4) is 0 Å². The van der Waals surface area contributed by atoms with E-state index in [2.05, 4.69) is 6.92 Å². The molecule has 0 spiro atoms. The van der Waals surface area contributed by atoms with Crippen molar-refractivity contribution in [3.8, 4) is 0 Å². The van der Waals surface area contributed by atoms with Gasteiger partial charge in [0.15, 0.2) is 5.79 Å². The molecule has 1 aliphatic heterocycles. The molecule has 4 heteroatoms. The van der Waals surface area contributed by atoms with Gasteiger partial charge in [-0.1, -0.05) is 61.5 Å². The summed E-state index contributed by atoms with van der Waals surface area (Å²) in [6.07, 6.45) is 9.70. The Morgan fingerprint density at radius 1 is 1.10 bits per heavy atom. The Morgan fingerprint density at radius 3 is 2.52 bits per heavy atom. The summed E-state index contributed by atoms with van der Waals surface area (Å²) in [5.41, 5.74) is 0.997. The second kappa shape index (κ2) is 8.19. The molecule has 21 heavy (non-hydrogen) atoms. The first kappa shape index (κ1) is 16.8. The maximum absolute atomic E-state index is 6.03. The van der Waals surface area contributed by atoms with Crippen LogP contribution in [0.2, 0.25) is 10.0 Å². The zero-order chi connectivity index (χ0) is 15.1. The smallest absolute Gasteiger partial charge is 0.188 e. The summed E-state index contributed by atoms with van der Waals surface area (Å²) < 4.78 is 11.7. The first-order valence-electron chi connectivity index (χ1n) is 7.57. The van der Waals surface area contributed by atoms with E-state index in [4.69, 9.17) is 32.7 Å². The zero-order valence-electron chi connectivity index (χ0n) is 12.4. The average Bonchev–Trinajstić information content (AvgIpc) is 2.94. The van der Waals surface area contributed by atoms with E-state index in [1.54, 1.807) is 6.07 Å². The minimum absolute atomic E-state index is 0.559. The summed E-state index contributed by atoms with van der Waals surface area (Å²) in [6.45, 7) is 3.52. The quantitative estimate of drug-likeness (QED) is 0.596. The highest BCUT2D eigenvalue weighted by atomic mass is 35.5. The third kappa shape index (κ3) is 5.00. The summed E-state index contributed by atoms with van der Waals surface area (Å²) in [6, 6.07) is 5.58. The molecule has 1 aromatic carbocycles. The van der Waals surface area contributed by atoms with Gasteiger partial charge in [0.05, 0.1) is 23.3 Å². The normalized spacial score (nSPS) is 17.7. The molecule has 1 aromatic rings. The molecule has 0 aromatic heterocycles. The van der Waals surface area contributed by atoms with Gasteiger partial charge < -0.3 is 9.47 Å². The second-order valence-electron chi connectivity index (χ2n) is 5.33. The van der Waals surface area contributed by atoms with Gasteiger partial charge in [-0.15, -0.1) is 0 Å². The van der Waals surface area contributed by atoms with E-state index in [-0.39, 0.29) is 0 Å². The summed E-state index contributed by atoms with van der Waals surface area (Å²) in [7, 11) is 0. The molecule has 1 aliphatic rings. The van der Waals surface area contributed by atoms with Crippen molar-refractivity contribution < 1.29 is 9.47 Å². The van der Waals surface area contributed by atoms with Crippen molar-refractivity contribution in [3.05, 3.63) is 39.9 Å². The van der Waals surface area contributed by atoms with Crippen LogP contribution in [0.15, 0.2) is 24.3 Å². The Morgan fingerprint density at radius 2 is 1.86 bits per heavy atom. The van der Waals surface area contributed by atoms with Crippen LogP contribution in [0.5, 0.6) is 0 Å². The van der Waals surface area contributed by atoms with Gasteiger partial charge in [-0.25, -0.2) is 0 Å². The lowest BCUT2D eigenvalue weighted by Crippen LogP contribution is -2.27. The summed E-state index contributed by atoms with van der Waals surface area (Å²) in [5, 5.41) is 1.13. The van der Waals surface area contributed by atoms with Gasteiger partial charge in [0.2, 0.25) is 0 Å². The fourth-order valence-electron chi connectivity index (χ4n) is 2.43. The Kier molecular flexibility index (Phi) is 6.56. The summed E-state index contributed by atoms with van der Waals surface area (Å²) >= 11 is 12.0. The van der Waals surface area contributed by atoms with Gasteiger partial charge >= 0.3 is 0 Å². The third-order valence-corrected chi connectivity index (χ3v) is 4.37. The molecule has 1 saturated heterocycles. The zero-order valence-corrected chi connectivity index (χ0v) is 13.9. The van der Waals surface area contributed by atoms with Gasteiger partial charge in [0.25, 0.3) is 0 Å². The fourth-order valence-corrected chi connectivity index (χ4v) is 2.74. The molecule has 2 nitrogen and oxygen atoms in total. The largest absolute Gasteiger partial charge is 0.344 e. The van der Waals surface area contributed by atoms with Crippen molar-refractivity contribution in [1.82, 2.24) is 0 Å². The van der Waals surface area contributed by atoms with E-state index >= 15 is 0 Å². The van der Waals surface area contributed by atoms with Crippen LogP contribution >= 0.6 is 23.2 Å². The molecule has 0 atom stereocenters. The van der Waals surface area contributed by atoms with Gasteiger partial charge in [-0.2, -0.15) is 0 Å². The van der Waals surface area contributed by atoms with E-state index in [0.29, 0.717) is 23.3 Å². The number of unbranched alkanes of at least 4 members (excludes halogenated alkanes) is 3. The minimum atomic E-state index is -0.570. The molecule has 0 aliphatic carbocycles. The Balaban J connectivity index is 2.01. The lowest BCUT2D eigenvalue weighted by Gasteiger charge is -2.23. The molecule has 0 saturated carbocycles. The number of hydrogen-bond acceptors (Lipinski definition) is 2. The second-order valence-corrected chi connectivity index (χ2v) is 6.14. The summed E-state index contributed by atoms with van der Waals surface area (Å²) in [4.78, 5) is 0. The van der Waals surface area contributed by atoms with E-state index in [1.165, 1.54) is 19.3 Å². The highest BCUT2D eigenvalue weighted by Gasteiger charge is 2.32. The molecular weight excluding hydrogens is 307 g/mol. The van der Waals surface area contributed by atoms with Gasteiger partial charge in [0, 0.05) is 6.42 Å². The molecule has 0 N–H and O–H groups in total. The molecule has 1 heterocycles. The first-order valence-corrected chi connectivity index (χ1v) is 8.33. The average molecular weight is 329 g/mol. The van der Waals surface area contributed by atoms with Crippen LogP contribution in [-0.2, 0) is 9.47 Å². The van der Waals surface area contributed by atoms with Crippen LogP contribution in [0.4, 0.5) is 0 Å². The SMILES string of the molecule is CCCCCCC1(/C=C/c2ccc(Cl)c(Cl)c2)OCCO1. The van der Waals surface area contributed by atoms with Crippen molar-refractivity contribution in [2.24, 2.45) is 0 Å². The number of benzene rings is 1. The van der Waals surface area contributed by atoms with Crippen molar-refractivity contribution in [2.75, 3.05) is 13.2 Å². The van der Waals surface area contributed by atoms with Crippen LogP contribution in [0.1, 0.15) is 44.6 Å². The van der Waals surface area contributed by atoms with Crippen LogP contribution in [0, 0.1) is 0 Å². The van der Waals surface area contributed by atoms with E-state index in [1.807, 2.05) is 24.3 Å². The maximum atomic E-state index is 6.03. The number of ether oxygens (including phenoxy) is 2. The van der Waals surface area contributed by atoms with Crippen molar-refractivity contribution in [2.45, 2.75) is 44.8 Å². The minimum Gasteiger partial charge on any atom is -0.344 e. The highest BCUT2D eigenvalue weighted by molar-refractivity contribution is 6.42. The van der Waals surface area contributed by atoms with E-state index < -0.39 is 5.79 Å². The number of hydrogen-bond donors (Lipinski definition) is 0. The Labute approximate surface area is 137 Å². The van der Waals surface area contributed by atoms with Gasteiger partial charge in [-0.3, -0.25) is 0 Å². The van der Waals surface area contributed by atoms with E-state index in [9.17, 15) is 0 Å². The fraction of sp³-hybridized carbons (Fsp3) is 0.529. The molecule has 0 radical (unpaired) electrons.